The van der Waals surface area contributed by atoms with Crippen LogP contribution in [0.1, 0.15) is 24.2 Å². The number of aryl methyl sites for hydroxylation is 1. The first kappa shape index (κ1) is 11.5. The van der Waals surface area contributed by atoms with Gasteiger partial charge in [0, 0.05) is 24.2 Å². The first-order chi connectivity index (χ1) is 7.57. The van der Waals surface area contributed by atoms with Crippen molar-refractivity contribution in [2.75, 3.05) is 7.05 Å². The summed E-state index contributed by atoms with van der Waals surface area (Å²) in [4.78, 5) is 0. The zero-order valence-electron chi connectivity index (χ0n) is 10.1. The van der Waals surface area contributed by atoms with E-state index < -0.39 is 0 Å². The van der Waals surface area contributed by atoms with Crippen molar-refractivity contribution in [2.45, 2.75) is 19.9 Å². The molecule has 3 heteroatoms. The second-order valence-corrected chi connectivity index (χ2v) is 4.61. The van der Waals surface area contributed by atoms with E-state index in [1.165, 1.54) is 16.6 Å². The number of nitrogens with zero attached hydrogens (tertiary/aromatic N) is 1. The molecule has 1 unspecified atom stereocenters. The summed E-state index contributed by atoms with van der Waals surface area (Å²) in [5.74, 6) is 0. The van der Waals surface area contributed by atoms with Gasteiger partial charge in [-0.25, -0.2) is 0 Å². The lowest BCUT2D eigenvalue weighted by atomic mass is 10.0. The van der Waals surface area contributed by atoms with Crippen molar-refractivity contribution < 1.29 is 0 Å². The van der Waals surface area contributed by atoms with Crippen LogP contribution >= 0.6 is 11.6 Å². The number of hydrogen-bond acceptors (Lipinski definition) is 1. The Kier molecular flexibility index (Phi) is 2.96. The van der Waals surface area contributed by atoms with Crippen molar-refractivity contribution in [3.05, 3.63) is 34.5 Å². The third-order valence-corrected chi connectivity index (χ3v) is 3.68. The summed E-state index contributed by atoms with van der Waals surface area (Å²) >= 11 is 6.25. The van der Waals surface area contributed by atoms with Gasteiger partial charge < -0.3 is 9.88 Å². The molecule has 16 heavy (non-hydrogen) atoms. The Bertz CT molecular complexity index is 528. The minimum atomic E-state index is 0.335. The SMILES string of the molecule is CNC(C)c1c(C)n(C)c2c(Cl)cccc12. The Morgan fingerprint density at radius 2 is 2.06 bits per heavy atom. The van der Waals surface area contributed by atoms with Gasteiger partial charge in [0.15, 0.2) is 0 Å². The lowest BCUT2D eigenvalue weighted by Gasteiger charge is -2.11. The summed E-state index contributed by atoms with van der Waals surface area (Å²) in [5, 5.41) is 5.35. The summed E-state index contributed by atoms with van der Waals surface area (Å²) in [6.45, 7) is 4.31. The molecule has 86 valence electrons. The molecule has 0 amide bonds. The number of fused-ring (bicyclic) bond motifs is 1. The van der Waals surface area contributed by atoms with Gasteiger partial charge in [0.25, 0.3) is 0 Å². The van der Waals surface area contributed by atoms with Gasteiger partial charge >= 0.3 is 0 Å². The van der Waals surface area contributed by atoms with E-state index in [1.54, 1.807) is 0 Å². The molecular formula is C13H17ClN2. The number of halogens is 1. The van der Waals surface area contributed by atoms with E-state index in [0.29, 0.717) is 6.04 Å². The number of rotatable bonds is 2. The summed E-state index contributed by atoms with van der Waals surface area (Å²) < 4.78 is 2.17. The number of aromatic nitrogens is 1. The molecule has 0 saturated carbocycles. The van der Waals surface area contributed by atoms with Gasteiger partial charge in [-0.2, -0.15) is 0 Å². The van der Waals surface area contributed by atoms with Gasteiger partial charge in [-0.05, 0) is 32.5 Å². The highest BCUT2D eigenvalue weighted by Gasteiger charge is 2.17. The molecule has 0 aliphatic rings. The van der Waals surface area contributed by atoms with Crippen LogP contribution < -0.4 is 5.32 Å². The second-order valence-electron chi connectivity index (χ2n) is 4.20. The zero-order chi connectivity index (χ0) is 11.9. The minimum Gasteiger partial charge on any atom is -0.346 e. The number of para-hydroxylation sites is 1. The molecule has 2 rings (SSSR count). The molecule has 0 radical (unpaired) electrons. The van der Waals surface area contributed by atoms with Crippen molar-refractivity contribution in [3.63, 3.8) is 0 Å². The van der Waals surface area contributed by atoms with Crippen molar-refractivity contribution >= 4 is 22.5 Å². The second kappa shape index (κ2) is 4.11. The molecule has 1 heterocycles. The maximum absolute atomic E-state index is 6.25. The fourth-order valence-electron chi connectivity index (χ4n) is 2.31. The largest absolute Gasteiger partial charge is 0.346 e. The van der Waals surface area contributed by atoms with E-state index in [2.05, 4.69) is 36.8 Å². The molecule has 0 aliphatic heterocycles. The number of hydrogen-bond donors (Lipinski definition) is 1. The molecule has 1 aromatic carbocycles. The van der Waals surface area contributed by atoms with Crippen LogP contribution in [-0.2, 0) is 7.05 Å². The fourth-order valence-corrected chi connectivity index (χ4v) is 2.61. The van der Waals surface area contributed by atoms with Crippen LogP contribution in [-0.4, -0.2) is 11.6 Å². The smallest absolute Gasteiger partial charge is 0.0672 e. The zero-order valence-corrected chi connectivity index (χ0v) is 10.9. The van der Waals surface area contributed by atoms with Crippen molar-refractivity contribution in [1.29, 1.82) is 0 Å². The van der Waals surface area contributed by atoms with Crippen LogP contribution in [0.4, 0.5) is 0 Å². The van der Waals surface area contributed by atoms with Crippen LogP contribution in [0.15, 0.2) is 18.2 Å². The lowest BCUT2D eigenvalue weighted by molar-refractivity contribution is 0.648. The van der Waals surface area contributed by atoms with Gasteiger partial charge in [-0.1, -0.05) is 23.7 Å². The predicted octanol–water partition coefficient (Wildman–Crippen LogP) is 3.42. The third-order valence-electron chi connectivity index (χ3n) is 3.37. The first-order valence-electron chi connectivity index (χ1n) is 5.48. The molecular weight excluding hydrogens is 220 g/mol. The number of nitrogens with one attached hydrogen (secondary N) is 1. The lowest BCUT2D eigenvalue weighted by Crippen LogP contribution is -2.13. The Hall–Kier alpha value is -0.990. The summed E-state index contributed by atoms with van der Waals surface area (Å²) in [5.41, 5.74) is 3.73. The molecule has 0 aliphatic carbocycles. The van der Waals surface area contributed by atoms with E-state index in [1.807, 2.05) is 19.2 Å². The van der Waals surface area contributed by atoms with Crippen molar-refractivity contribution in [1.82, 2.24) is 9.88 Å². The van der Waals surface area contributed by atoms with Crippen LogP contribution in [0.25, 0.3) is 10.9 Å². The van der Waals surface area contributed by atoms with Gasteiger partial charge in [0.1, 0.15) is 0 Å². The fraction of sp³-hybridized carbons (Fsp3) is 0.385. The van der Waals surface area contributed by atoms with E-state index in [4.69, 9.17) is 11.6 Å². The van der Waals surface area contributed by atoms with Crippen molar-refractivity contribution in [3.8, 4) is 0 Å². The standard InChI is InChI=1S/C13H17ClN2/c1-8(15-3)12-9(2)16(4)13-10(12)6-5-7-11(13)14/h5-8,15H,1-4H3. The van der Waals surface area contributed by atoms with E-state index >= 15 is 0 Å². The predicted molar refractivity (Wildman–Crippen MR) is 70.1 cm³/mol. The van der Waals surface area contributed by atoms with Gasteiger partial charge in [-0.15, -0.1) is 0 Å². The molecule has 0 bridgehead atoms. The summed E-state index contributed by atoms with van der Waals surface area (Å²) in [6, 6.07) is 6.42. The highest BCUT2D eigenvalue weighted by Crippen LogP contribution is 2.33. The Morgan fingerprint density at radius 3 is 2.69 bits per heavy atom. The van der Waals surface area contributed by atoms with Crippen LogP contribution in [0.3, 0.4) is 0 Å². The molecule has 1 N–H and O–H groups in total. The van der Waals surface area contributed by atoms with Crippen LogP contribution in [0.5, 0.6) is 0 Å². The Balaban J connectivity index is 2.84. The molecule has 0 spiro atoms. The normalized spacial score (nSPS) is 13.3. The summed E-state index contributed by atoms with van der Waals surface area (Å²) in [6.07, 6.45) is 0. The first-order valence-corrected chi connectivity index (χ1v) is 5.86. The highest BCUT2D eigenvalue weighted by atomic mass is 35.5. The maximum Gasteiger partial charge on any atom is 0.0672 e. The van der Waals surface area contributed by atoms with Gasteiger partial charge in [0.2, 0.25) is 0 Å². The quantitative estimate of drug-likeness (QED) is 0.846. The van der Waals surface area contributed by atoms with Gasteiger partial charge in [0.05, 0.1) is 10.5 Å². The van der Waals surface area contributed by atoms with E-state index in [9.17, 15) is 0 Å². The monoisotopic (exact) mass is 236 g/mol. The maximum atomic E-state index is 6.25. The Labute approximate surface area is 101 Å². The average Bonchev–Trinajstić information content (AvgIpc) is 2.52. The van der Waals surface area contributed by atoms with Crippen LogP contribution in [0.2, 0.25) is 5.02 Å². The van der Waals surface area contributed by atoms with E-state index in [-0.39, 0.29) is 0 Å². The third kappa shape index (κ3) is 1.53. The molecule has 1 aromatic heterocycles. The van der Waals surface area contributed by atoms with Crippen molar-refractivity contribution in [2.24, 2.45) is 7.05 Å². The molecule has 0 saturated heterocycles. The molecule has 1 atom stereocenters. The number of benzene rings is 1. The Morgan fingerprint density at radius 1 is 1.38 bits per heavy atom. The molecule has 2 aromatic rings. The summed E-state index contributed by atoms with van der Waals surface area (Å²) in [7, 11) is 4.04. The van der Waals surface area contributed by atoms with Crippen LogP contribution in [0, 0.1) is 6.92 Å². The van der Waals surface area contributed by atoms with Gasteiger partial charge in [-0.3, -0.25) is 0 Å². The average molecular weight is 237 g/mol. The molecule has 0 fully saturated rings. The van der Waals surface area contributed by atoms with E-state index in [0.717, 1.165) is 10.5 Å². The minimum absolute atomic E-state index is 0.335. The highest BCUT2D eigenvalue weighted by molar-refractivity contribution is 6.35. The molecule has 2 nitrogen and oxygen atoms in total. The topological polar surface area (TPSA) is 17.0 Å².